The molecule has 4 nitrogen and oxygen atoms in total. The lowest BCUT2D eigenvalue weighted by molar-refractivity contribution is 0.547. The maximum Gasteiger partial charge on any atom is 0.136 e. The highest BCUT2D eigenvalue weighted by atomic mass is 127. The predicted octanol–water partition coefficient (Wildman–Crippen LogP) is 11.1. The Morgan fingerprint density at radius 3 is 2.02 bits per heavy atom. The van der Waals surface area contributed by atoms with Crippen LogP contribution in [0.25, 0.3) is 77.4 Å². The summed E-state index contributed by atoms with van der Waals surface area (Å²) in [6.07, 6.45) is 8.84. The molecule has 1 aliphatic heterocycles. The van der Waals surface area contributed by atoms with E-state index in [-0.39, 0.29) is 0 Å². The van der Waals surface area contributed by atoms with Gasteiger partial charge in [-0.15, -0.1) is 0 Å². The van der Waals surface area contributed by atoms with Gasteiger partial charge in [-0.1, -0.05) is 87.5 Å². The molecule has 5 heterocycles. The molecule has 0 bridgehead atoms. The van der Waals surface area contributed by atoms with Gasteiger partial charge in [0.25, 0.3) is 0 Å². The van der Waals surface area contributed by atoms with Gasteiger partial charge < -0.3 is 18.0 Å². The summed E-state index contributed by atoms with van der Waals surface area (Å²) in [5.41, 5.74) is 10.6. The molecule has 0 atom stereocenters. The fourth-order valence-corrected chi connectivity index (χ4v) is 11.5. The third-order valence-electron chi connectivity index (χ3n) is 9.97. The SMILES string of the molecule is C1=Cc2c(n(C3=Ic4c(oc5ccc6oc7ccc(-n8c9ccccc9c9ccccc98)cc7c6c45)CC3)c3ccccc23)CC1. The van der Waals surface area contributed by atoms with Crippen LogP contribution in [0.3, 0.4) is 0 Å². The van der Waals surface area contributed by atoms with Crippen LogP contribution in [-0.4, -0.2) is 12.8 Å². The number of halogens is 1. The van der Waals surface area contributed by atoms with Gasteiger partial charge in [-0.2, -0.15) is 0 Å². The molecule has 0 amide bonds. The zero-order chi connectivity index (χ0) is 29.9. The first kappa shape index (κ1) is 25.3. The summed E-state index contributed by atoms with van der Waals surface area (Å²) in [5, 5.41) is 7.49. The average Bonchev–Trinajstić information content (AvgIpc) is 3.85. The fraction of sp³-hybridized carbons (Fsp3) is 0.0976. The standard InChI is InChI=1S/C41H27IN2O2/c1-5-13-30-25(9-1)26-10-2-6-14-31(26)43(30)24-17-18-34-29(23-24)39-35(45-34)19-20-36-40(39)41-37(46-36)21-22-38(42-41)44-32-15-7-3-11-27(32)28-12-4-8-16-33(28)44/h1-7,9-15,17-20,23H,8,16,21-22H2. The summed E-state index contributed by atoms with van der Waals surface area (Å²) in [6, 6.07) is 37.2. The van der Waals surface area contributed by atoms with Crippen molar-refractivity contribution in [1.82, 2.24) is 9.13 Å². The Hall–Kier alpha value is -4.88. The number of aromatic nitrogens is 2. The number of benzene rings is 5. The van der Waals surface area contributed by atoms with Crippen LogP contribution in [0.15, 0.2) is 118 Å². The summed E-state index contributed by atoms with van der Waals surface area (Å²) >= 11 is -0.470. The number of nitrogens with zero attached hydrogens (tertiary/aromatic N) is 2. The van der Waals surface area contributed by atoms with Gasteiger partial charge in [0, 0.05) is 62.1 Å². The van der Waals surface area contributed by atoms with Gasteiger partial charge in [0.05, 0.1) is 23.8 Å². The first-order valence-electron chi connectivity index (χ1n) is 16.0. The van der Waals surface area contributed by atoms with E-state index in [0.717, 1.165) is 59.3 Å². The van der Waals surface area contributed by atoms with E-state index in [4.69, 9.17) is 8.83 Å². The minimum Gasteiger partial charge on any atom is -0.460 e. The smallest absolute Gasteiger partial charge is 0.136 e. The van der Waals surface area contributed by atoms with E-state index in [0.29, 0.717) is 0 Å². The average molecular weight is 707 g/mol. The molecule has 9 aromatic rings. The first-order valence-corrected chi connectivity index (χ1v) is 18.2. The van der Waals surface area contributed by atoms with Crippen molar-refractivity contribution in [2.45, 2.75) is 25.7 Å². The molecule has 11 rings (SSSR count). The Morgan fingerprint density at radius 1 is 0.565 bits per heavy atom. The van der Waals surface area contributed by atoms with Crippen LogP contribution in [-0.2, 0) is 12.8 Å². The highest BCUT2D eigenvalue weighted by Crippen LogP contribution is 2.45. The molecule has 0 radical (unpaired) electrons. The Balaban J connectivity index is 1.18. The van der Waals surface area contributed by atoms with Gasteiger partial charge in [0.2, 0.25) is 0 Å². The topological polar surface area (TPSA) is 36.1 Å². The van der Waals surface area contributed by atoms with E-state index >= 15 is 0 Å². The van der Waals surface area contributed by atoms with Crippen molar-refractivity contribution >= 4 is 96.1 Å². The predicted molar refractivity (Wildman–Crippen MR) is 199 cm³/mol. The van der Waals surface area contributed by atoms with Crippen molar-refractivity contribution in [1.29, 1.82) is 0 Å². The van der Waals surface area contributed by atoms with Gasteiger partial charge in [-0.25, -0.2) is 0 Å². The number of hydrogen-bond acceptors (Lipinski definition) is 2. The summed E-state index contributed by atoms with van der Waals surface area (Å²) in [7, 11) is 0. The molecule has 0 spiro atoms. The summed E-state index contributed by atoms with van der Waals surface area (Å²) in [4.78, 5) is 0. The number of fused-ring (bicyclic) bond motifs is 13. The van der Waals surface area contributed by atoms with Gasteiger partial charge >= 0.3 is 0 Å². The van der Waals surface area contributed by atoms with Crippen LogP contribution < -0.4 is 0 Å². The number of furan rings is 2. The molecule has 0 saturated carbocycles. The highest BCUT2D eigenvalue weighted by Gasteiger charge is 2.27. The number of para-hydroxylation sites is 3. The first-order chi connectivity index (χ1) is 22.8. The molecule has 0 saturated heterocycles. The zero-order valence-electron chi connectivity index (χ0n) is 24.9. The Morgan fingerprint density at radius 2 is 1.24 bits per heavy atom. The normalized spacial score (nSPS) is 14.8. The molecule has 2 aliphatic rings. The minimum absolute atomic E-state index is 0.470. The molecule has 0 unspecified atom stereocenters. The zero-order valence-corrected chi connectivity index (χ0v) is 27.0. The molecular formula is C41H27IN2O2. The van der Waals surface area contributed by atoms with Gasteiger partial charge in [0.1, 0.15) is 22.5 Å². The van der Waals surface area contributed by atoms with Crippen molar-refractivity contribution < 1.29 is 8.83 Å². The van der Waals surface area contributed by atoms with Crippen LogP contribution in [0.5, 0.6) is 0 Å². The van der Waals surface area contributed by atoms with Crippen LogP contribution in [0.1, 0.15) is 29.9 Å². The number of hydrogen-bond donors (Lipinski definition) is 0. The number of aryl methyl sites for hydroxylation is 1. The molecule has 220 valence electrons. The molecule has 0 fully saturated rings. The van der Waals surface area contributed by atoms with E-state index in [2.05, 4.69) is 124 Å². The second-order valence-corrected chi connectivity index (χ2v) is 15.3. The minimum atomic E-state index is -0.470. The lowest BCUT2D eigenvalue weighted by atomic mass is 10.0. The molecule has 5 aromatic carbocycles. The Labute approximate surface area is 273 Å². The number of rotatable bonds is 2. The molecule has 0 N–H and O–H groups in total. The largest absolute Gasteiger partial charge is 0.460 e. The lowest BCUT2D eigenvalue weighted by Gasteiger charge is -2.18. The van der Waals surface area contributed by atoms with Crippen molar-refractivity contribution in [2.75, 3.05) is 0 Å². The van der Waals surface area contributed by atoms with Crippen LogP contribution in [0.2, 0.25) is 0 Å². The van der Waals surface area contributed by atoms with Crippen LogP contribution >= 0.6 is 20.7 Å². The second kappa shape index (κ2) is 9.33. The van der Waals surface area contributed by atoms with Crippen molar-refractivity contribution in [3.63, 3.8) is 0 Å². The third-order valence-corrected chi connectivity index (χ3v) is 13.3. The Kier molecular flexibility index (Phi) is 5.14. The van der Waals surface area contributed by atoms with Crippen LogP contribution in [0.4, 0.5) is 0 Å². The fourth-order valence-electron chi connectivity index (χ4n) is 8.03. The molecular weight excluding hydrogens is 679 g/mol. The highest BCUT2D eigenvalue weighted by molar-refractivity contribution is 14.2. The van der Waals surface area contributed by atoms with E-state index in [1.165, 1.54) is 58.3 Å². The Bertz CT molecular complexity index is 2760. The molecule has 5 heteroatoms. The quantitative estimate of drug-likeness (QED) is 0.168. The monoisotopic (exact) mass is 706 g/mol. The van der Waals surface area contributed by atoms with E-state index < -0.39 is 20.7 Å². The van der Waals surface area contributed by atoms with E-state index in [9.17, 15) is 0 Å². The van der Waals surface area contributed by atoms with E-state index in [1.807, 2.05) is 0 Å². The lowest BCUT2D eigenvalue weighted by Crippen LogP contribution is -2.17. The molecule has 46 heavy (non-hydrogen) atoms. The van der Waals surface area contributed by atoms with Gasteiger partial charge in [-0.3, -0.25) is 0 Å². The van der Waals surface area contributed by atoms with E-state index in [1.54, 1.807) is 3.63 Å². The maximum atomic E-state index is 6.65. The van der Waals surface area contributed by atoms with Gasteiger partial charge in [0.15, 0.2) is 0 Å². The summed E-state index contributed by atoms with van der Waals surface area (Å²) in [5.74, 6) is 1.16. The third kappa shape index (κ3) is 3.36. The second-order valence-electron chi connectivity index (χ2n) is 12.4. The molecule has 1 aliphatic carbocycles. The van der Waals surface area contributed by atoms with Crippen molar-refractivity contribution in [3.05, 3.63) is 130 Å². The summed E-state index contributed by atoms with van der Waals surface area (Å²) < 4.78 is 21.2. The van der Waals surface area contributed by atoms with Gasteiger partial charge in [-0.05, 0) is 61.4 Å². The van der Waals surface area contributed by atoms with Crippen molar-refractivity contribution in [2.24, 2.45) is 0 Å². The maximum absolute atomic E-state index is 6.65. The van der Waals surface area contributed by atoms with Crippen molar-refractivity contribution in [3.8, 4) is 5.69 Å². The summed E-state index contributed by atoms with van der Waals surface area (Å²) in [6.45, 7) is 0. The number of allylic oxidation sites excluding steroid dienone is 1. The van der Waals surface area contributed by atoms with Crippen LogP contribution in [0, 0.1) is 3.57 Å². The molecule has 4 aromatic heterocycles.